The summed E-state index contributed by atoms with van der Waals surface area (Å²) in [7, 11) is 0. The molecule has 0 saturated carbocycles. The van der Waals surface area contributed by atoms with Crippen LogP contribution in [0.5, 0.6) is 0 Å². The third-order valence-electron chi connectivity index (χ3n) is 5.29. The van der Waals surface area contributed by atoms with Crippen LogP contribution in [0.4, 0.5) is 0 Å². The van der Waals surface area contributed by atoms with Gasteiger partial charge in [0.1, 0.15) is 6.26 Å². The molecule has 0 aromatic carbocycles. The molecule has 0 N–H and O–H groups in total. The van der Waals surface area contributed by atoms with Gasteiger partial charge in [0.2, 0.25) is 5.91 Å². The number of carbonyl (C=O) groups excluding carboxylic acids is 2. The molecule has 2 atom stereocenters. The molecule has 2 aromatic heterocycles. The first kappa shape index (κ1) is 16.4. The van der Waals surface area contributed by atoms with E-state index in [0.717, 1.165) is 32.2 Å². The summed E-state index contributed by atoms with van der Waals surface area (Å²) in [6, 6.07) is 4.01. The minimum Gasteiger partial charge on any atom is -0.472 e. The fourth-order valence-corrected chi connectivity index (χ4v) is 4.72. The number of piperidine rings is 1. The molecule has 4 rings (SSSR count). The minimum atomic E-state index is -0.0937. The lowest BCUT2D eigenvalue weighted by atomic mass is 9.95. The summed E-state index contributed by atoms with van der Waals surface area (Å²) in [6.07, 6.45) is 6.80. The Morgan fingerprint density at radius 3 is 2.80 bits per heavy atom. The lowest BCUT2D eigenvalue weighted by Gasteiger charge is -2.35. The number of carbonyl (C=O) groups is 2. The van der Waals surface area contributed by atoms with Crippen LogP contribution >= 0.6 is 11.3 Å². The monoisotopic (exact) mass is 358 g/mol. The van der Waals surface area contributed by atoms with E-state index >= 15 is 0 Å². The molecule has 0 aliphatic carbocycles. The van der Waals surface area contributed by atoms with Gasteiger partial charge in [0, 0.05) is 19.6 Å². The molecule has 2 amide bonds. The first-order valence-electron chi connectivity index (χ1n) is 8.88. The van der Waals surface area contributed by atoms with Gasteiger partial charge in [-0.25, -0.2) is 0 Å². The average Bonchev–Trinajstić information content (AvgIpc) is 3.42. The molecule has 2 aromatic rings. The maximum Gasteiger partial charge on any atom is 0.257 e. The van der Waals surface area contributed by atoms with Crippen molar-refractivity contribution in [3.05, 3.63) is 46.5 Å². The Labute approximate surface area is 151 Å². The van der Waals surface area contributed by atoms with Crippen molar-refractivity contribution in [1.29, 1.82) is 0 Å². The third kappa shape index (κ3) is 3.23. The molecule has 4 heterocycles. The minimum absolute atomic E-state index is 0.0398. The van der Waals surface area contributed by atoms with Gasteiger partial charge in [0.25, 0.3) is 5.91 Å². The summed E-state index contributed by atoms with van der Waals surface area (Å²) in [4.78, 5) is 29.5. The van der Waals surface area contributed by atoms with Crippen LogP contribution < -0.4 is 0 Å². The molecule has 2 aliphatic heterocycles. The SMILES string of the molecule is O=C(c1ccoc1)N1CCC[C@H](C(=O)N2CCC[C@H]2c2ccsc2)C1. The van der Waals surface area contributed by atoms with E-state index in [4.69, 9.17) is 4.42 Å². The summed E-state index contributed by atoms with van der Waals surface area (Å²) in [5.41, 5.74) is 1.81. The quantitative estimate of drug-likeness (QED) is 0.843. The van der Waals surface area contributed by atoms with Crippen molar-refractivity contribution in [3.63, 3.8) is 0 Å². The lowest BCUT2D eigenvalue weighted by molar-refractivity contribution is -0.137. The van der Waals surface area contributed by atoms with Crippen molar-refractivity contribution >= 4 is 23.2 Å². The van der Waals surface area contributed by atoms with Gasteiger partial charge in [0.15, 0.2) is 0 Å². The zero-order chi connectivity index (χ0) is 17.2. The first-order chi connectivity index (χ1) is 12.2. The second kappa shape index (κ2) is 7.04. The third-order valence-corrected chi connectivity index (χ3v) is 5.99. The molecular weight excluding hydrogens is 336 g/mol. The lowest BCUT2D eigenvalue weighted by Crippen LogP contribution is -2.46. The Bertz CT molecular complexity index is 726. The maximum atomic E-state index is 13.1. The number of hydrogen-bond acceptors (Lipinski definition) is 4. The van der Waals surface area contributed by atoms with E-state index in [1.807, 2.05) is 4.90 Å². The van der Waals surface area contributed by atoms with Crippen LogP contribution in [0.3, 0.4) is 0 Å². The molecule has 0 bridgehead atoms. The Hall–Kier alpha value is -2.08. The van der Waals surface area contributed by atoms with E-state index in [1.165, 1.54) is 18.1 Å². The van der Waals surface area contributed by atoms with Crippen LogP contribution in [0.25, 0.3) is 0 Å². The number of likely N-dealkylation sites (tertiary alicyclic amines) is 2. The summed E-state index contributed by atoms with van der Waals surface area (Å²) >= 11 is 1.68. The van der Waals surface area contributed by atoms with Gasteiger partial charge in [-0.05, 0) is 54.1 Å². The van der Waals surface area contributed by atoms with Crippen LogP contribution in [0.1, 0.15) is 47.6 Å². The second-order valence-electron chi connectivity index (χ2n) is 6.85. The molecule has 0 unspecified atom stereocenters. The number of nitrogens with zero attached hydrogens (tertiary/aromatic N) is 2. The molecular formula is C19H22N2O3S. The van der Waals surface area contributed by atoms with E-state index in [9.17, 15) is 9.59 Å². The van der Waals surface area contributed by atoms with Crippen molar-refractivity contribution in [1.82, 2.24) is 9.80 Å². The van der Waals surface area contributed by atoms with Gasteiger partial charge in [-0.1, -0.05) is 0 Å². The van der Waals surface area contributed by atoms with E-state index in [0.29, 0.717) is 18.7 Å². The maximum absolute atomic E-state index is 13.1. The largest absolute Gasteiger partial charge is 0.472 e. The number of hydrogen-bond donors (Lipinski definition) is 0. The van der Waals surface area contributed by atoms with E-state index in [1.54, 1.807) is 22.3 Å². The van der Waals surface area contributed by atoms with Crippen LogP contribution in [0.15, 0.2) is 39.8 Å². The zero-order valence-corrected chi connectivity index (χ0v) is 14.9. The van der Waals surface area contributed by atoms with Crippen molar-refractivity contribution in [2.24, 2.45) is 5.92 Å². The average molecular weight is 358 g/mol. The molecule has 0 radical (unpaired) electrons. The fourth-order valence-electron chi connectivity index (χ4n) is 4.01. The Morgan fingerprint density at radius 2 is 2.04 bits per heavy atom. The molecule has 25 heavy (non-hydrogen) atoms. The van der Waals surface area contributed by atoms with Gasteiger partial charge in [-0.3, -0.25) is 9.59 Å². The first-order valence-corrected chi connectivity index (χ1v) is 9.82. The summed E-state index contributed by atoms with van der Waals surface area (Å²) in [6.45, 7) is 2.04. The summed E-state index contributed by atoms with van der Waals surface area (Å²) in [5.74, 6) is 0.0734. The molecule has 0 spiro atoms. The van der Waals surface area contributed by atoms with E-state index < -0.39 is 0 Å². The summed E-state index contributed by atoms with van der Waals surface area (Å²) in [5, 5.41) is 4.22. The fraction of sp³-hybridized carbons (Fsp3) is 0.474. The van der Waals surface area contributed by atoms with Crippen LogP contribution in [0.2, 0.25) is 0 Å². The Kier molecular flexibility index (Phi) is 4.61. The highest BCUT2D eigenvalue weighted by molar-refractivity contribution is 7.08. The second-order valence-corrected chi connectivity index (χ2v) is 7.63. The highest BCUT2D eigenvalue weighted by atomic mass is 32.1. The highest BCUT2D eigenvalue weighted by Gasteiger charge is 2.37. The molecule has 6 heteroatoms. The van der Waals surface area contributed by atoms with Gasteiger partial charge in [-0.15, -0.1) is 0 Å². The Balaban J connectivity index is 1.45. The van der Waals surface area contributed by atoms with Crippen molar-refractivity contribution in [2.45, 2.75) is 31.7 Å². The summed E-state index contributed by atoms with van der Waals surface area (Å²) < 4.78 is 5.02. The van der Waals surface area contributed by atoms with Crippen LogP contribution in [-0.2, 0) is 4.79 Å². The van der Waals surface area contributed by atoms with Gasteiger partial charge in [0.05, 0.1) is 23.8 Å². The highest BCUT2D eigenvalue weighted by Crippen LogP contribution is 2.35. The predicted octanol–water partition coefficient (Wildman–Crippen LogP) is 3.56. The zero-order valence-electron chi connectivity index (χ0n) is 14.1. The van der Waals surface area contributed by atoms with Crippen molar-refractivity contribution in [3.8, 4) is 0 Å². The van der Waals surface area contributed by atoms with Gasteiger partial charge < -0.3 is 14.2 Å². The van der Waals surface area contributed by atoms with Gasteiger partial charge >= 0.3 is 0 Å². The van der Waals surface area contributed by atoms with Gasteiger partial charge in [-0.2, -0.15) is 11.3 Å². The topological polar surface area (TPSA) is 53.8 Å². The molecule has 5 nitrogen and oxygen atoms in total. The normalized spacial score (nSPS) is 23.8. The van der Waals surface area contributed by atoms with E-state index in [-0.39, 0.29) is 23.8 Å². The molecule has 2 fully saturated rings. The molecule has 132 valence electrons. The molecule has 2 saturated heterocycles. The number of thiophene rings is 1. The van der Waals surface area contributed by atoms with Crippen LogP contribution in [0, 0.1) is 5.92 Å². The number of rotatable bonds is 3. The van der Waals surface area contributed by atoms with E-state index in [2.05, 4.69) is 16.8 Å². The smallest absolute Gasteiger partial charge is 0.257 e. The van der Waals surface area contributed by atoms with Crippen molar-refractivity contribution < 1.29 is 14.0 Å². The van der Waals surface area contributed by atoms with Crippen molar-refractivity contribution in [2.75, 3.05) is 19.6 Å². The predicted molar refractivity (Wildman–Crippen MR) is 95.3 cm³/mol. The standard InChI is InChI=1S/C19H22N2O3S/c22-18(15-5-9-24-12-15)20-7-1-3-14(11-20)19(23)21-8-2-4-17(21)16-6-10-25-13-16/h5-6,9-10,12-14,17H,1-4,7-8,11H2/t14-,17-/m0/s1. The number of furan rings is 1. The Morgan fingerprint density at radius 1 is 1.16 bits per heavy atom. The number of amides is 2. The molecule has 2 aliphatic rings. The van der Waals surface area contributed by atoms with Crippen LogP contribution in [-0.4, -0.2) is 41.2 Å².